The average Bonchev–Trinajstić information content (AvgIpc) is 3.10. The van der Waals surface area contributed by atoms with E-state index >= 15 is 0 Å². The molecule has 1 rings (SSSR count). The first kappa shape index (κ1) is 14.0. The molecule has 0 N–H and O–H groups in total. The molecule has 1 heterocycles. The van der Waals surface area contributed by atoms with Gasteiger partial charge in [-0.2, -0.15) is 0 Å². The SMILES string of the molecule is CCCCCCCCCCCCC[C@H]1CO1. The maximum Gasteiger partial charge on any atom is 0.0810 e. The molecule has 0 aromatic rings. The van der Waals surface area contributed by atoms with Gasteiger partial charge in [0.2, 0.25) is 0 Å². The molecule has 1 fully saturated rings. The maximum atomic E-state index is 5.20. The second kappa shape index (κ2) is 10.1. The Bertz CT molecular complexity index is 140. The molecule has 0 aliphatic carbocycles. The lowest BCUT2D eigenvalue weighted by Gasteiger charge is -2.01. The summed E-state index contributed by atoms with van der Waals surface area (Å²) in [5.74, 6) is 0. The van der Waals surface area contributed by atoms with Crippen LogP contribution in [0.25, 0.3) is 0 Å². The summed E-state index contributed by atoms with van der Waals surface area (Å²) in [5, 5.41) is 0. The van der Waals surface area contributed by atoms with Gasteiger partial charge in [0.1, 0.15) is 0 Å². The van der Waals surface area contributed by atoms with Gasteiger partial charge in [0.15, 0.2) is 0 Å². The van der Waals surface area contributed by atoms with Gasteiger partial charge in [-0.15, -0.1) is 0 Å². The first-order valence-electron chi connectivity index (χ1n) is 7.55. The standard InChI is InChI=1S/C15H30O/c1-2-3-4-5-6-7-8-9-10-11-12-13-15-14-16-15/h15H,2-14H2,1H3/t15-/m0/s1. The van der Waals surface area contributed by atoms with Crippen LogP contribution >= 0.6 is 0 Å². The van der Waals surface area contributed by atoms with Crippen molar-refractivity contribution >= 4 is 0 Å². The van der Waals surface area contributed by atoms with E-state index in [1.165, 1.54) is 77.0 Å². The molecular formula is C15H30O. The molecule has 0 spiro atoms. The topological polar surface area (TPSA) is 12.5 Å². The molecule has 0 amide bonds. The minimum Gasteiger partial charge on any atom is -0.373 e. The molecule has 1 aliphatic heterocycles. The zero-order chi connectivity index (χ0) is 11.5. The molecule has 1 aliphatic rings. The van der Waals surface area contributed by atoms with E-state index in [9.17, 15) is 0 Å². The van der Waals surface area contributed by atoms with Crippen LogP contribution in [-0.4, -0.2) is 12.7 Å². The summed E-state index contributed by atoms with van der Waals surface area (Å²) in [4.78, 5) is 0. The molecule has 0 unspecified atom stereocenters. The predicted molar refractivity (Wildman–Crippen MR) is 70.8 cm³/mol. The van der Waals surface area contributed by atoms with Crippen molar-refractivity contribution in [1.29, 1.82) is 0 Å². The molecular weight excluding hydrogens is 196 g/mol. The van der Waals surface area contributed by atoms with E-state index in [2.05, 4.69) is 6.92 Å². The van der Waals surface area contributed by atoms with Crippen LogP contribution in [0, 0.1) is 0 Å². The van der Waals surface area contributed by atoms with Gasteiger partial charge in [0.25, 0.3) is 0 Å². The van der Waals surface area contributed by atoms with Gasteiger partial charge in [-0.05, 0) is 6.42 Å². The summed E-state index contributed by atoms with van der Waals surface area (Å²) in [6.07, 6.45) is 17.8. The van der Waals surface area contributed by atoms with E-state index in [-0.39, 0.29) is 0 Å². The first-order valence-corrected chi connectivity index (χ1v) is 7.55. The summed E-state index contributed by atoms with van der Waals surface area (Å²) in [6.45, 7) is 3.32. The van der Waals surface area contributed by atoms with Crippen LogP contribution in [0.15, 0.2) is 0 Å². The Hall–Kier alpha value is -0.0400. The smallest absolute Gasteiger partial charge is 0.0810 e. The Balaban J connectivity index is 1.61. The van der Waals surface area contributed by atoms with E-state index in [0.717, 1.165) is 6.61 Å². The number of epoxide rings is 1. The van der Waals surface area contributed by atoms with Crippen LogP contribution in [0.2, 0.25) is 0 Å². The molecule has 1 nitrogen and oxygen atoms in total. The summed E-state index contributed by atoms with van der Waals surface area (Å²) in [6, 6.07) is 0. The maximum absolute atomic E-state index is 5.20. The van der Waals surface area contributed by atoms with Crippen molar-refractivity contribution in [2.75, 3.05) is 6.61 Å². The number of unbranched alkanes of at least 4 members (excludes halogenated alkanes) is 10. The van der Waals surface area contributed by atoms with Gasteiger partial charge in [0.05, 0.1) is 12.7 Å². The van der Waals surface area contributed by atoms with Crippen LogP contribution < -0.4 is 0 Å². The highest BCUT2D eigenvalue weighted by atomic mass is 16.6. The van der Waals surface area contributed by atoms with Crippen molar-refractivity contribution in [3.05, 3.63) is 0 Å². The van der Waals surface area contributed by atoms with Gasteiger partial charge in [-0.3, -0.25) is 0 Å². The second-order valence-electron chi connectivity index (χ2n) is 5.28. The largest absolute Gasteiger partial charge is 0.373 e. The fourth-order valence-corrected chi connectivity index (χ4v) is 2.27. The van der Waals surface area contributed by atoms with Crippen LogP contribution in [0.4, 0.5) is 0 Å². The van der Waals surface area contributed by atoms with Crippen LogP contribution in [-0.2, 0) is 4.74 Å². The number of rotatable bonds is 12. The van der Waals surface area contributed by atoms with Gasteiger partial charge in [-0.1, -0.05) is 77.6 Å². The van der Waals surface area contributed by atoms with Crippen molar-refractivity contribution in [2.24, 2.45) is 0 Å². The molecule has 1 saturated heterocycles. The Morgan fingerprint density at radius 2 is 1.19 bits per heavy atom. The highest BCUT2D eigenvalue weighted by Crippen LogP contribution is 2.18. The minimum atomic E-state index is 0.651. The third-order valence-corrected chi connectivity index (χ3v) is 3.53. The van der Waals surface area contributed by atoms with E-state index in [4.69, 9.17) is 4.74 Å². The van der Waals surface area contributed by atoms with E-state index < -0.39 is 0 Å². The Kier molecular flexibility index (Phi) is 8.88. The predicted octanol–water partition coefficient (Wildman–Crippen LogP) is 5.09. The van der Waals surface area contributed by atoms with Crippen molar-refractivity contribution in [3.8, 4) is 0 Å². The summed E-state index contributed by atoms with van der Waals surface area (Å²) in [7, 11) is 0. The Morgan fingerprint density at radius 1 is 0.750 bits per heavy atom. The normalized spacial score (nSPS) is 18.9. The monoisotopic (exact) mass is 226 g/mol. The van der Waals surface area contributed by atoms with Crippen molar-refractivity contribution in [2.45, 2.75) is 90.1 Å². The van der Waals surface area contributed by atoms with Gasteiger partial charge in [0, 0.05) is 0 Å². The lowest BCUT2D eigenvalue weighted by molar-refractivity contribution is 0.387. The van der Waals surface area contributed by atoms with Gasteiger partial charge < -0.3 is 4.74 Å². The van der Waals surface area contributed by atoms with E-state index in [1.54, 1.807) is 0 Å². The molecule has 96 valence electrons. The zero-order valence-electron chi connectivity index (χ0n) is 11.2. The molecule has 1 atom stereocenters. The lowest BCUT2D eigenvalue weighted by atomic mass is 10.0. The van der Waals surface area contributed by atoms with Crippen LogP contribution in [0.5, 0.6) is 0 Å². The first-order chi connectivity index (χ1) is 7.93. The van der Waals surface area contributed by atoms with Crippen molar-refractivity contribution < 1.29 is 4.74 Å². The van der Waals surface area contributed by atoms with Crippen molar-refractivity contribution in [1.82, 2.24) is 0 Å². The lowest BCUT2D eigenvalue weighted by Crippen LogP contribution is -1.86. The van der Waals surface area contributed by atoms with Crippen LogP contribution in [0.1, 0.15) is 84.0 Å². The van der Waals surface area contributed by atoms with Gasteiger partial charge >= 0.3 is 0 Å². The molecule has 0 aromatic carbocycles. The summed E-state index contributed by atoms with van der Waals surface area (Å²) < 4.78 is 5.20. The third kappa shape index (κ3) is 9.21. The average molecular weight is 226 g/mol. The molecule has 0 radical (unpaired) electrons. The Labute approximate surface area is 102 Å². The molecule has 16 heavy (non-hydrogen) atoms. The van der Waals surface area contributed by atoms with Crippen LogP contribution in [0.3, 0.4) is 0 Å². The molecule has 0 aromatic heterocycles. The highest BCUT2D eigenvalue weighted by molar-refractivity contribution is 4.68. The molecule has 0 saturated carbocycles. The molecule has 1 heteroatoms. The fraction of sp³-hybridized carbons (Fsp3) is 1.00. The van der Waals surface area contributed by atoms with E-state index in [0.29, 0.717) is 6.10 Å². The Morgan fingerprint density at radius 3 is 1.62 bits per heavy atom. The second-order valence-corrected chi connectivity index (χ2v) is 5.28. The third-order valence-electron chi connectivity index (χ3n) is 3.53. The van der Waals surface area contributed by atoms with E-state index in [1.807, 2.05) is 0 Å². The van der Waals surface area contributed by atoms with Gasteiger partial charge in [-0.25, -0.2) is 0 Å². The summed E-state index contributed by atoms with van der Waals surface area (Å²) in [5.41, 5.74) is 0. The number of hydrogen-bond acceptors (Lipinski definition) is 1. The zero-order valence-corrected chi connectivity index (χ0v) is 11.2. The fourth-order valence-electron chi connectivity index (χ4n) is 2.27. The number of hydrogen-bond donors (Lipinski definition) is 0. The van der Waals surface area contributed by atoms with Crippen molar-refractivity contribution in [3.63, 3.8) is 0 Å². The minimum absolute atomic E-state index is 0.651. The number of ether oxygens (including phenoxy) is 1. The summed E-state index contributed by atoms with van der Waals surface area (Å²) >= 11 is 0. The highest BCUT2D eigenvalue weighted by Gasteiger charge is 2.20. The quantitative estimate of drug-likeness (QED) is 0.334. The molecule has 0 bridgehead atoms.